The molecule has 0 spiro atoms. The first-order valence-corrected chi connectivity index (χ1v) is 5.22. The molecule has 3 nitrogen and oxygen atoms in total. The first-order chi connectivity index (χ1) is 5.99. The Morgan fingerprint density at radius 3 is 2.23 bits per heavy atom. The maximum absolute atomic E-state index is 11.2. The predicted molar refractivity (Wildman–Crippen MR) is 53.5 cm³/mol. The van der Waals surface area contributed by atoms with Crippen molar-refractivity contribution in [2.45, 2.75) is 20.8 Å². The SMILES string of the molecule is COC(=O)[C@@H](C)CSC(=O)C(C)C. The van der Waals surface area contributed by atoms with Crippen LogP contribution in [0.4, 0.5) is 0 Å². The van der Waals surface area contributed by atoms with Crippen LogP contribution in [0.15, 0.2) is 0 Å². The Hall–Kier alpha value is -0.510. The molecule has 0 aromatic rings. The second-order valence-electron chi connectivity index (χ2n) is 3.21. The third-order valence-electron chi connectivity index (χ3n) is 1.55. The highest BCUT2D eigenvalue weighted by molar-refractivity contribution is 8.13. The maximum atomic E-state index is 11.2. The van der Waals surface area contributed by atoms with E-state index in [1.165, 1.54) is 18.9 Å². The van der Waals surface area contributed by atoms with Crippen LogP contribution in [0.25, 0.3) is 0 Å². The van der Waals surface area contributed by atoms with Crippen molar-refractivity contribution in [1.29, 1.82) is 0 Å². The van der Waals surface area contributed by atoms with E-state index in [1.807, 2.05) is 13.8 Å². The first-order valence-electron chi connectivity index (χ1n) is 4.23. The Morgan fingerprint density at radius 1 is 1.31 bits per heavy atom. The van der Waals surface area contributed by atoms with E-state index in [0.717, 1.165) is 0 Å². The number of thioether (sulfide) groups is 1. The molecule has 13 heavy (non-hydrogen) atoms. The van der Waals surface area contributed by atoms with Crippen LogP contribution in [0, 0.1) is 11.8 Å². The van der Waals surface area contributed by atoms with Crippen molar-refractivity contribution in [3.05, 3.63) is 0 Å². The minimum absolute atomic E-state index is 0.0230. The van der Waals surface area contributed by atoms with Gasteiger partial charge in [0.25, 0.3) is 0 Å². The zero-order valence-corrected chi connectivity index (χ0v) is 9.31. The highest BCUT2D eigenvalue weighted by atomic mass is 32.2. The summed E-state index contributed by atoms with van der Waals surface area (Å²) in [5.74, 6) is 0.0561. The van der Waals surface area contributed by atoms with Crippen molar-refractivity contribution in [3.63, 3.8) is 0 Å². The number of methoxy groups -OCH3 is 1. The topological polar surface area (TPSA) is 43.4 Å². The molecule has 0 aliphatic heterocycles. The smallest absolute Gasteiger partial charge is 0.309 e. The summed E-state index contributed by atoms with van der Waals surface area (Å²) in [6.07, 6.45) is 0. The highest BCUT2D eigenvalue weighted by Gasteiger charge is 2.16. The van der Waals surface area contributed by atoms with E-state index < -0.39 is 0 Å². The fraction of sp³-hybridized carbons (Fsp3) is 0.778. The molecule has 0 N–H and O–H groups in total. The molecule has 4 heteroatoms. The van der Waals surface area contributed by atoms with Crippen molar-refractivity contribution >= 4 is 22.8 Å². The predicted octanol–water partition coefficient (Wildman–Crippen LogP) is 1.71. The van der Waals surface area contributed by atoms with Gasteiger partial charge in [0.15, 0.2) is 5.12 Å². The summed E-state index contributed by atoms with van der Waals surface area (Å²) in [6.45, 7) is 5.45. The Balaban J connectivity index is 3.76. The lowest BCUT2D eigenvalue weighted by molar-refractivity contribution is -0.143. The second kappa shape index (κ2) is 6.02. The molecule has 0 saturated heterocycles. The zero-order valence-electron chi connectivity index (χ0n) is 8.49. The van der Waals surface area contributed by atoms with Gasteiger partial charge in [0.05, 0.1) is 13.0 Å². The van der Waals surface area contributed by atoms with Crippen LogP contribution in [0.3, 0.4) is 0 Å². The minimum atomic E-state index is -0.260. The van der Waals surface area contributed by atoms with Gasteiger partial charge in [0.2, 0.25) is 0 Å². The molecule has 0 rings (SSSR count). The van der Waals surface area contributed by atoms with Crippen LogP contribution in [0.5, 0.6) is 0 Å². The van der Waals surface area contributed by atoms with Gasteiger partial charge in [-0.25, -0.2) is 0 Å². The van der Waals surface area contributed by atoms with Crippen molar-refractivity contribution in [2.24, 2.45) is 11.8 Å². The fourth-order valence-electron chi connectivity index (χ4n) is 0.643. The van der Waals surface area contributed by atoms with Gasteiger partial charge in [-0.3, -0.25) is 9.59 Å². The molecule has 0 fully saturated rings. The van der Waals surface area contributed by atoms with Gasteiger partial charge >= 0.3 is 5.97 Å². The van der Waals surface area contributed by atoms with Crippen molar-refractivity contribution in [2.75, 3.05) is 12.9 Å². The van der Waals surface area contributed by atoms with Gasteiger partial charge in [0.1, 0.15) is 0 Å². The quantitative estimate of drug-likeness (QED) is 0.654. The summed E-state index contributed by atoms with van der Waals surface area (Å²) in [7, 11) is 1.35. The summed E-state index contributed by atoms with van der Waals surface area (Å²) in [4.78, 5) is 22.1. The van der Waals surface area contributed by atoms with Crippen LogP contribution >= 0.6 is 11.8 Å². The number of esters is 1. The number of ether oxygens (including phenoxy) is 1. The third kappa shape index (κ3) is 4.93. The van der Waals surface area contributed by atoms with Gasteiger partial charge in [0, 0.05) is 11.7 Å². The van der Waals surface area contributed by atoms with Gasteiger partial charge in [-0.05, 0) is 0 Å². The zero-order chi connectivity index (χ0) is 10.4. The van der Waals surface area contributed by atoms with E-state index in [9.17, 15) is 9.59 Å². The van der Waals surface area contributed by atoms with Crippen LogP contribution in [-0.4, -0.2) is 23.9 Å². The molecule has 0 aliphatic carbocycles. The lowest BCUT2D eigenvalue weighted by Gasteiger charge is -2.08. The van der Waals surface area contributed by atoms with E-state index in [2.05, 4.69) is 4.74 Å². The van der Waals surface area contributed by atoms with Crippen molar-refractivity contribution in [3.8, 4) is 0 Å². The van der Waals surface area contributed by atoms with Crippen LogP contribution in [-0.2, 0) is 14.3 Å². The van der Waals surface area contributed by atoms with Gasteiger partial charge in [-0.2, -0.15) is 0 Å². The molecule has 0 unspecified atom stereocenters. The second-order valence-corrected chi connectivity index (χ2v) is 4.23. The molecule has 1 atom stereocenters. The third-order valence-corrected chi connectivity index (χ3v) is 2.97. The van der Waals surface area contributed by atoms with E-state index >= 15 is 0 Å². The summed E-state index contributed by atoms with van der Waals surface area (Å²) in [5.41, 5.74) is 0. The number of carbonyl (C=O) groups excluding carboxylic acids is 2. The van der Waals surface area contributed by atoms with Crippen LogP contribution < -0.4 is 0 Å². The summed E-state index contributed by atoms with van der Waals surface area (Å²) in [5, 5.41) is 0.121. The molecule has 76 valence electrons. The summed E-state index contributed by atoms with van der Waals surface area (Å²) < 4.78 is 4.54. The summed E-state index contributed by atoms with van der Waals surface area (Å²) >= 11 is 1.20. The summed E-state index contributed by atoms with van der Waals surface area (Å²) in [6, 6.07) is 0. The van der Waals surface area contributed by atoms with Crippen LogP contribution in [0.1, 0.15) is 20.8 Å². The molecular formula is C9H16O3S. The normalized spacial score (nSPS) is 12.7. The molecule has 0 saturated carbocycles. The highest BCUT2D eigenvalue weighted by Crippen LogP contribution is 2.15. The molecule has 0 bridgehead atoms. The van der Waals surface area contributed by atoms with Gasteiger partial charge in [-0.15, -0.1) is 0 Å². The number of hydrogen-bond acceptors (Lipinski definition) is 4. The fourth-order valence-corrected chi connectivity index (χ4v) is 1.53. The Labute approximate surface area is 83.2 Å². The molecule has 0 heterocycles. The number of rotatable bonds is 4. The van der Waals surface area contributed by atoms with E-state index in [-0.39, 0.29) is 22.9 Å². The monoisotopic (exact) mass is 204 g/mol. The maximum Gasteiger partial charge on any atom is 0.309 e. The average Bonchev–Trinajstić information content (AvgIpc) is 2.11. The molecule has 0 aromatic carbocycles. The average molecular weight is 204 g/mol. The lowest BCUT2D eigenvalue weighted by atomic mass is 10.2. The van der Waals surface area contributed by atoms with Gasteiger partial charge in [-0.1, -0.05) is 32.5 Å². The largest absolute Gasteiger partial charge is 0.469 e. The van der Waals surface area contributed by atoms with E-state index in [0.29, 0.717) is 5.75 Å². The van der Waals surface area contributed by atoms with Crippen LogP contribution in [0.2, 0.25) is 0 Å². The molecule has 0 aliphatic rings. The van der Waals surface area contributed by atoms with E-state index in [4.69, 9.17) is 0 Å². The molecule has 0 amide bonds. The standard InChI is InChI=1S/C9H16O3S/c1-6(2)9(11)13-5-7(3)8(10)12-4/h6-7H,5H2,1-4H3/t7-/m0/s1. The Morgan fingerprint density at radius 2 is 1.85 bits per heavy atom. The van der Waals surface area contributed by atoms with E-state index in [1.54, 1.807) is 6.92 Å². The minimum Gasteiger partial charge on any atom is -0.469 e. The lowest BCUT2D eigenvalue weighted by Crippen LogP contribution is -2.16. The van der Waals surface area contributed by atoms with Crippen molar-refractivity contribution in [1.82, 2.24) is 0 Å². The van der Waals surface area contributed by atoms with Gasteiger partial charge < -0.3 is 4.74 Å². The number of hydrogen-bond donors (Lipinski definition) is 0. The Kier molecular flexibility index (Phi) is 5.79. The molecular weight excluding hydrogens is 188 g/mol. The molecule has 0 aromatic heterocycles. The molecule has 0 radical (unpaired) electrons. The Bertz CT molecular complexity index is 189. The first kappa shape index (κ1) is 12.5. The van der Waals surface area contributed by atoms with Crippen molar-refractivity contribution < 1.29 is 14.3 Å². The number of carbonyl (C=O) groups is 2.